The molecule has 8 bridgehead atoms. The second-order valence-electron chi connectivity index (χ2n) is 19.6. The molecule has 284 valence electrons. The van der Waals surface area contributed by atoms with Gasteiger partial charge in [0.25, 0.3) is 0 Å². The molecule has 0 unspecified atom stereocenters. The number of nitrogens with one attached hydrogen (secondary N) is 4. The average Bonchev–Trinajstić information content (AvgIpc) is 3.84. The third-order valence-corrected chi connectivity index (χ3v) is 11.1. The van der Waals surface area contributed by atoms with Crippen molar-refractivity contribution < 1.29 is 0 Å². The van der Waals surface area contributed by atoms with Gasteiger partial charge in [-0.25, -0.2) is 20.0 Å². The van der Waals surface area contributed by atoms with Crippen molar-refractivity contribution in [3.05, 3.63) is 117 Å². The van der Waals surface area contributed by atoms with Crippen LogP contribution >= 0.6 is 0 Å². The number of benzene rings is 4. The molecule has 8 nitrogen and oxygen atoms in total. The number of rotatable bonds is 0. The highest BCUT2D eigenvalue weighted by molar-refractivity contribution is 6.01. The van der Waals surface area contributed by atoms with Crippen LogP contribution in [0.5, 0.6) is 0 Å². The fraction of sp³-hybridized carbons (Fsp3) is 0.333. The smallest absolute Gasteiger partial charge is 0.142 e. The third-order valence-electron chi connectivity index (χ3n) is 11.1. The lowest BCUT2D eigenvalue weighted by Gasteiger charge is -2.41. The summed E-state index contributed by atoms with van der Waals surface area (Å²) in [4.78, 5) is 36.5. The van der Waals surface area contributed by atoms with E-state index in [1.165, 1.54) is 22.3 Å². The molecule has 0 saturated carbocycles. The summed E-state index contributed by atoms with van der Waals surface area (Å²) in [5.74, 6) is 2.94. The first kappa shape index (κ1) is 35.9. The van der Waals surface area contributed by atoms with Crippen LogP contribution < -0.4 is 22.0 Å². The zero-order chi connectivity index (χ0) is 39.7. The molecule has 0 radical (unpaired) electrons. The molecule has 9 rings (SSSR count). The molecule has 4 aromatic heterocycles. The maximum Gasteiger partial charge on any atom is 0.142 e. The summed E-state index contributed by atoms with van der Waals surface area (Å²) in [6.07, 6.45) is 0. The third kappa shape index (κ3) is 5.55. The summed E-state index contributed by atoms with van der Waals surface area (Å²) in [6.45, 7) is 28.2. The lowest BCUT2D eigenvalue weighted by atomic mass is 9.63. The van der Waals surface area contributed by atoms with E-state index in [1.54, 1.807) is 0 Å². The quantitative estimate of drug-likeness (QED) is 0.119. The highest BCUT2D eigenvalue weighted by atomic mass is 15.1. The molecule has 0 aliphatic carbocycles. The van der Waals surface area contributed by atoms with Crippen molar-refractivity contribution in [3.8, 4) is 0 Å². The fourth-order valence-electron chi connectivity index (χ4n) is 9.03. The molecule has 4 aromatic carbocycles. The lowest BCUT2D eigenvalue weighted by Crippen LogP contribution is -2.33. The van der Waals surface area contributed by atoms with Crippen LogP contribution in [-0.4, -0.2) is 19.9 Å². The predicted molar refractivity (Wildman–Crippen MR) is 231 cm³/mol. The van der Waals surface area contributed by atoms with Crippen LogP contribution in [0.4, 0.5) is 23.3 Å². The second-order valence-corrected chi connectivity index (χ2v) is 19.6. The van der Waals surface area contributed by atoms with Crippen molar-refractivity contribution in [1.82, 2.24) is 19.9 Å². The SMILES string of the molecule is CC(C)(C)c1c(C(C)(C)C)c(C(C)(C)C)c2c3[nH]c(c2c1C(C)(C)C)=Nc1[nH]c(c2ccccc12)N=c1[nH]c(c2ccccc12)=Nc1[nH]c(c2ccccc12)N=3. The molecular weight excluding hydrogens is 689 g/mol. The van der Waals surface area contributed by atoms with Crippen LogP contribution in [0.3, 0.4) is 0 Å². The van der Waals surface area contributed by atoms with Gasteiger partial charge in [0.2, 0.25) is 0 Å². The Hall–Kier alpha value is -5.76. The van der Waals surface area contributed by atoms with E-state index in [0.29, 0.717) is 0 Å². The Balaban J connectivity index is 1.60. The minimum Gasteiger partial charge on any atom is -0.324 e. The first-order chi connectivity index (χ1) is 26.3. The zero-order valence-corrected chi connectivity index (χ0v) is 34.7. The number of hydrogen-bond donors (Lipinski definition) is 4. The number of H-pyrrole nitrogens is 4. The van der Waals surface area contributed by atoms with E-state index < -0.39 is 0 Å². The first-order valence-corrected chi connectivity index (χ1v) is 19.8. The lowest BCUT2D eigenvalue weighted by molar-refractivity contribution is 0.482. The Morgan fingerprint density at radius 1 is 0.304 bits per heavy atom. The summed E-state index contributed by atoms with van der Waals surface area (Å²) in [6, 6.07) is 25.0. The topological polar surface area (TPSA) is 113 Å². The van der Waals surface area contributed by atoms with Crippen LogP contribution in [0.1, 0.15) is 105 Å². The van der Waals surface area contributed by atoms with E-state index in [1.807, 2.05) is 12.1 Å². The number of hydrogen-bond acceptors (Lipinski definition) is 4. The van der Waals surface area contributed by atoms with Crippen LogP contribution in [0.15, 0.2) is 92.8 Å². The van der Waals surface area contributed by atoms with Gasteiger partial charge in [-0.3, -0.25) is 0 Å². The molecule has 1 aliphatic rings. The predicted octanol–water partition coefficient (Wildman–Crippen LogP) is 10.9. The Morgan fingerprint density at radius 2 is 0.554 bits per heavy atom. The van der Waals surface area contributed by atoms with Gasteiger partial charge in [0.15, 0.2) is 0 Å². The molecule has 0 saturated heterocycles. The molecule has 56 heavy (non-hydrogen) atoms. The van der Waals surface area contributed by atoms with Crippen LogP contribution in [-0.2, 0) is 21.7 Å². The average molecular weight is 741 g/mol. The molecular formula is C48H52N8. The van der Waals surface area contributed by atoms with Gasteiger partial charge in [0.1, 0.15) is 45.2 Å². The monoisotopic (exact) mass is 740 g/mol. The van der Waals surface area contributed by atoms with E-state index in [-0.39, 0.29) is 21.7 Å². The molecule has 8 heteroatoms. The number of aromatic amines is 4. The summed E-state index contributed by atoms with van der Waals surface area (Å²) in [7, 11) is 0. The molecule has 0 amide bonds. The molecule has 0 spiro atoms. The Morgan fingerprint density at radius 3 is 0.839 bits per heavy atom. The molecule has 8 aromatic rings. The van der Waals surface area contributed by atoms with Crippen molar-refractivity contribution in [1.29, 1.82) is 0 Å². The van der Waals surface area contributed by atoms with E-state index >= 15 is 0 Å². The fourth-order valence-corrected chi connectivity index (χ4v) is 9.03. The summed E-state index contributed by atoms with van der Waals surface area (Å²) in [5.41, 5.74) is 7.55. The van der Waals surface area contributed by atoms with Crippen molar-refractivity contribution in [2.45, 2.75) is 105 Å². The van der Waals surface area contributed by atoms with Gasteiger partial charge in [-0.05, 0) is 43.9 Å². The van der Waals surface area contributed by atoms with Crippen LogP contribution in [0.2, 0.25) is 0 Å². The van der Waals surface area contributed by atoms with Gasteiger partial charge < -0.3 is 19.9 Å². The highest BCUT2D eigenvalue weighted by Crippen LogP contribution is 2.49. The van der Waals surface area contributed by atoms with Gasteiger partial charge in [-0.15, -0.1) is 0 Å². The Kier molecular flexibility index (Phi) is 7.61. The molecule has 1 aliphatic heterocycles. The maximum absolute atomic E-state index is 5.59. The largest absolute Gasteiger partial charge is 0.324 e. The van der Waals surface area contributed by atoms with Crippen molar-refractivity contribution in [2.75, 3.05) is 0 Å². The van der Waals surface area contributed by atoms with Gasteiger partial charge in [-0.1, -0.05) is 156 Å². The van der Waals surface area contributed by atoms with Crippen LogP contribution in [0.25, 0.3) is 43.1 Å². The normalized spacial score (nSPS) is 13.9. The molecule has 0 atom stereocenters. The number of aromatic nitrogens is 4. The van der Waals surface area contributed by atoms with Gasteiger partial charge in [-0.2, -0.15) is 0 Å². The highest BCUT2D eigenvalue weighted by Gasteiger charge is 2.40. The summed E-state index contributed by atoms with van der Waals surface area (Å²) < 4.78 is 0. The summed E-state index contributed by atoms with van der Waals surface area (Å²) in [5, 5.41) is 8.17. The van der Waals surface area contributed by atoms with Gasteiger partial charge in [0, 0.05) is 43.1 Å². The Labute approximate surface area is 327 Å². The molecule has 4 N–H and O–H groups in total. The van der Waals surface area contributed by atoms with Gasteiger partial charge >= 0.3 is 0 Å². The maximum atomic E-state index is 5.59. The summed E-state index contributed by atoms with van der Waals surface area (Å²) >= 11 is 0. The standard InChI is InChI=1S/C48H52N8/c1-45(2,3)33-31-32(34(46(4,5)6)36(48(10,11)12)35(33)47(7,8)9)44-55-42-30-24-18-16-22-28(30)40(53-42)51-38-26-20-14-13-19-25(26)37(49-38)50-39-27-21-15-17-23-29(27)41(52-39)54-43(31)56-44/h13-24H,1-12H3,(H4,49,50,51,52,53,54,55,56). The molecule has 5 heterocycles. The molecule has 0 fully saturated rings. The second kappa shape index (κ2) is 11.9. The minimum absolute atomic E-state index is 0.171. The zero-order valence-electron chi connectivity index (χ0n) is 34.7. The Bertz CT molecular complexity index is 2960. The minimum atomic E-state index is -0.241. The van der Waals surface area contributed by atoms with E-state index in [2.05, 4.69) is 164 Å². The van der Waals surface area contributed by atoms with E-state index in [9.17, 15) is 0 Å². The van der Waals surface area contributed by atoms with Gasteiger partial charge in [0.05, 0.1) is 0 Å². The van der Waals surface area contributed by atoms with Crippen molar-refractivity contribution in [3.63, 3.8) is 0 Å². The number of fused-ring (bicyclic) bond motifs is 20. The van der Waals surface area contributed by atoms with Crippen molar-refractivity contribution in [2.24, 2.45) is 20.0 Å². The first-order valence-electron chi connectivity index (χ1n) is 19.8. The van der Waals surface area contributed by atoms with E-state index in [4.69, 9.17) is 20.0 Å². The van der Waals surface area contributed by atoms with Crippen LogP contribution in [0, 0.1) is 0 Å². The van der Waals surface area contributed by atoms with Crippen molar-refractivity contribution >= 4 is 66.4 Å². The van der Waals surface area contributed by atoms with E-state index in [0.717, 1.165) is 88.3 Å². The number of nitrogens with zero attached hydrogens (tertiary/aromatic N) is 4.